The first-order chi connectivity index (χ1) is 10.2. The van der Waals surface area contributed by atoms with E-state index in [0.29, 0.717) is 18.0 Å². The van der Waals surface area contributed by atoms with Gasteiger partial charge in [-0.2, -0.15) is 0 Å². The minimum absolute atomic E-state index is 0.0526. The molecule has 0 atom stereocenters. The number of hydrogen-bond donors (Lipinski definition) is 0. The summed E-state index contributed by atoms with van der Waals surface area (Å²) in [6.45, 7) is 6.04. The van der Waals surface area contributed by atoms with Gasteiger partial charge < -0.3 is 0 Å². The third-order valence-corrected chi connectivity index (χ3v) is 3.55. The molecule has 0 N–H and O–H groups in total. The maximum Gasteiger partial charge on any atom is 0.225 e. The van der Waals surface area contributed by atoms with Crippen molar-refractivity contribution in [3.8, 4) is 0 Å². The lowest BCUT2D eigenvalue weighted by molar-refractivity contribution is -0.116. The number of rotatable bonds is 3. The molecule has 2 heterocycles. The Labute approximate surface area is 122 Å². The van der Waals surface area contributed by atoms with Crippen molar-refractivity contribution in [2.45, 2.75) is 27.2 Å². The van der Waals surface area contributed by atoms with Gasteiger partial charge in [0.2, 0.25) is 11.6 Å². The zero-order chi connectivity index (χ0) is 15.0. The van der Waals surface area contributed by atoms with E-state index in [9.17, 15) is 4.79 Å². The molecule has 0 aliphatic rings. The Morgan fingerprint density at radius 1 is 1.24 bits per heavy atom. The first-order valence-corrected chi connectivity index (χ1v) is 7.08. The molecule has 0 radical (unpaired) electrons. The second-order valence-electron chi connectivity index (χ2n) is 4.82. The number of hydrogen-bond acceptors (Lipinski definition) is 4. The van der Waals surface area contributed by atoms with Crippen molar-refractivity contribution >= 4 is 28.4 Å². The number of para-hydroxylation sites is 2. The number of aryl methyl sites for hydroxylation is 1. The van der Waals surface area contributed by atoms with Crippen LogP contribution in [0.25, 0.3) is 16.7 Å². The van der Waals surface area contributed by atoms with Crippen molar-refractivity contribution in [1.82, 2.24) is 19.6 Å². The molecule has 6 nitrogen and oxygen atoms in total. The summed E-state index contributed by atoms with van der Waals surface area (Å²) in [6.07, 6.45) is 0.765. The third kappa shape index (κ3) is 2.03. The number of anilines is 1. The molecule has 0 unspecified atom stereocenters. The van der Waals surface area contributed by atoms with E-state index in [4.69, 9.17) is 0 Å². The highest BCUT2D eigenvalue weighted by molar-refractivity contribution is 5.96. The Kier molecular flexibility index (Phi) is 3.29. The van der Waals surface area contributed by atoms with Gasteiger partial charge in [0.15, 0.2) is 5.82 Å². The summed E-state index contributed by atoms with van der Waals surface area (Å²) in [4.78, 5) is 18.1. The highest BCUT2D eigenvalue weighted by Crippen LogP contribution is 2.24. The minimum Gasteiger partial charge on any atom is -0.294 e. The number of amides is 1. The van der Waals surface area contributed by atoms with Crippen LogP contribution in [0.3, 0.4) is 0 Å². The molecule has 0 bridgehead atoms. The van der Waals surface area contributed by atoms with E-state index in [1.807, 2.05) is 42.5 Å². The second-order valence-corrected chi connectivity index (χ2v) is 4.82. The van der Waals surface area contributed by atoms with Crippen LogP contribution in [0.2, 0.25) is 0 Å². The van der Waals surface area contributed by atoms with E-state index in [1.165, 1.54) is 6.92 Å². The minimum atomic E-state index is -0.0526. The van der Waals surface area contributed by atoms with E-state index in [0.717, 1.165) is 23.3 Å². The van der Waals surface area contributed by atoms with Crippen molar-refractivity contribution in [2.75, 3.05) is 11.4 Å². The summed E-state index contributed by atoms with van der Waals surface area (Å²) in [6, 6.07) is 7.83. The predicted molar refractivity (Wildman–Crippen MR) is 81.4 cm³/mol. The van der Waals surface area contributed by atoms with Crippen LogP contribution >= 0.6 is 0 Å². The number of nitrogens with zero attached hydrogens (tertiary/aromatic N) is 5. The molecule has 21 heavy (non-hydrogen) atoms. The summed E-state index contributed by atoms with van der Waals surface area (Å²) in [5.74, 6) is 1.38. The smallest absolute Gasteiger partial charge is 0.225 e. The average molecular weight is 283 g/mol. The predicted octanol–water partition coefficient (Wildman–Crippen LogP) is 2.21. The molecule has 1 amide bonds. The molecule has 0 spiro atoms. The highest BCUT2D eigenvalue weighted by Gasteiger charge is 2.20. The number of benzene rings is 1. The molecule has 2 aromatic heterocycles. The molecule has 108 valence electrons. The van der Waals surface area contributed by atoms with Gasteiger partial charge in [-0.15, -0.1) is 10.2 Å². The van der Waals surface area contributed by atoms with Crippen molar-refractivity contribution < 1.29 is 4.79 Å². The fraction of sp³-hybridized carbons (Fsp3) is 0.333. The zero-order valence-electron chi connectivity index (χ0n) is 12.4. The van der Waals surface area contributed by atoms with E-state index in [1.54, 1.807) is 4.90 Å². The number of fused-ring (bicyclic) bond motifs is 3. The number of carbonyl (C=O) groups is 1. The molecule has 3 aromatic rings. The van der Waals surface area contributed by atoms with E-state index in [-0.39, 0.29) is 5.91 Å². The molecular formula is C15H17N5O. The summed E-state index contributed by atoms with van der Waals surface area (Å²) >= 11 is 0. The van der Waals surface area contributed by atoms with E-state index in [2.05, 4.69) is 15.2 Å². The normalized spacial score (nSPS) is 11.2. The first kappa shape index (κ1) is 13.5. The molecule has 0 fully saturated rings. The fourth-order valence-corrected chi connectivity index (χ4v) is 2.56. The van der Waals surface area contributed by atoms with Gasteiger partial charge in [-0.05, 0) is 19.1 Å². The van der Waals surface area contributed by atoms with E-state index < -0.39 is 0 Å². The summed E-state index contributed by atoms with van der Waals surface area (Å²) in [5.41, 5.74) is 2.41. The van der Waals surface area contributed by atoms with Gasteiger partial charge in [0.25, 0.3) is 0 Å². The lowest BCUT2D eigenvalue weighted by atomic mass is 10.3. The monoisotopic (exact) mass is 283 g/mol. The topological polar surface area (TPSA) is 63.4 Å². The van der Waals surface area contributed by atoms with Crippen molar-refractivity contribution in [3.05, 3.63) is 30.1 Å². The Morgan fingerprint density at radius 2 is 2.00 bits per heavy atom. The summed E-state index contributed by atoms with van der Waals surface area (Å²) < 4.78 is 1.99. The Morgan fingerprint density at radius 3 is 2.67 bits per heavy atom. The van der Waals surface area contributed by atoms with Crippen molar-refractivity contribution in [2.24, 2.45) is 0 Å². The van der Waals surface area contributed by atoms with Crippen LogP contribution in [0.4, 0.5) is 5.82 Å². The maximum absolute atomic E-state index is 11.9. The SMILES string of the molecule is CCc1nnc2c(N(CC)C(C)=O)nc3ccccc3n12. The van der Waals surface area contributed by atoms with Crippen LogP contribution in [0.1, 0.15) is 26.6 Å². The summed E-state index contributed by atoms with van der Waals surface area (Å²) in [5, 5.41) is 8.48. The van der Waals surface area contributed by atoms with Gasteiger partial charge in [0.1, 0.15) is 5.82 Å². The van der Waals surface area contributed by atoms with Crippen LogP contribution < -0.4 is 4.90 Å². The van der Waals surface area contributed by atoms with Gasteiger partial charge in [-0.1, -0.05) is 19.1 Å². The van der Waals surface area contributed by atoms with Gasteiger partial charge in [-0.25, -0.2) is 4.98 Å². The van der Waals surface area contributed by atoms with Crippen molar-refractivity contribution in [3.63, 3.8) is 0 Å². The standard InChI is InChI=1S/C15H17N5O/c1-4-13-17-18-15-14(19(5-2)10(3)21)16-11-8-6-7-9-12(11)20(13)15/h6-9H,4-5H2,1-3H3. The number of carbonyl (C=O) groups excluding carboxylic acids is 1. The molecule has 3 rings (SSSR count). The highest BCUT2D eigenvalue weighted by atomic mass is 16.2. The molecule has 1 aromatic carbocycles. The van der Waals surface area contributed by atoms with Gasteiger partial charge in [0.05, 0.1) is 11.0 Å². The third-order valence-electron chi connectivity index (χ3n) is 3.55. The zero-order valence-corrected chi connectivity index (χ0v) is 12.4. The lowest BCUT2D eigenvalue weighted by Crippen LogP contribution is -2.29. The Bertz CT molecular complexity index is 823. The molecule has 6 heteroatoms. The fourth-order valence-electron chi connectivity index (χ4n) is 2.56. The molecule has 0 aliphatic heterocycles. The molecular weight excluding hydrogens is 266 g/mol. The van der Waals surface area contributed by atoms with Crippen LogP contribution in [-0.4, -0.2) is 32.0 Å². The van der Waals surface area contributed by atoms with Crippen LogP contribution in [-0.2, 0) is 11.2 Å². The quantitative estimate of drug-likeness (QED) is 0.739. The van der Waals surface area contributed by atoms with Crippen molar-refractivity contribution in [1.29, 1.82) is 0 Å². The molecule has 0 saturated heterocycles. The van der Waals surface area contributed by atoms with Crippen LogP contribution in [0.15, 0.2) is 24.3 Å². The van der Waals surface area contributed by atoms with E-state index >= 15 is 0 Å². The largest absolute Gasteiger partial charge is 0.294 e. The summed E-state index contributed by atoms with van der Waals surface area (Å²) in [7, 11) is 0. The number of aromatic nitrogens is 4. The van der Waals surface area contributed by atoms with Gasteiger partial charge in [-0.3, -0.25) is 14.1 Å². The molecule has 0 saturated carbocycles. The second kappa shape index (κ2) is 5.12. The van der Waals surface area contributed by atoms with Crippen LogP contribution in [0, 0.1) is 0 Å². The Balaban J connectivity index is 2.43. The van der Waals surface area contributed by atoms with Crippen LogP contribution in [0.5, 0.6) is 0 Å². The lowest BCUT2D eigenvalue weighted by Gasteiger charge is -2.19. The van der Waals surface area contributed by atoms with Gasteiger partial charge >= 0.3 is 0 Å². The van der Waals surface area contributed by atoms with Gasteiger partial charge in [0, 0.05) is 19.9 Å². The average Bonchev–Trinajstić information content (AvgIpc) is 2.92. The molecule has 0 aliphatic carbocycles. The maximum atomic E-state index is 11.9. The first-order valence-electron chi connectivity index (χ1n) is 7.08. The Hall–Kier alpha value is -2.50.